The number of ether oxygens (including phenoxy) is 1. The first kappa shape index (κ1) is 18.2. The largest absolute Gasteiger partial charge is 0.494 e. The van der Waals surface area contributed by atoms with Crippen molar-refractivity contribution in [3.8, 4) is 5.75 Å². The van der Waals surface area contributed by atoms with Gasteiger partial charge in [-0.3, -0.25) is 14.8 Å². The summed E-state index contributed by atoms with van der Waals surface area (Å²) in [5, 5.41) is 11.3. The smallest absolute Gasteiger partial charge is 0.267 e. The van der Waals surface area contributed by atoms with Gasteiger partial charge >= 0.3 is 0 Å². The van der Waals surface area contributed by atoms with Crippen molar-refractivity contribution in [3.05, 3.63) is 29.8 Å². The third-order valence-corrected chi connectivity index (χ3v) is 4.00. The van der Waals surface area contributed by atoms with Crippen molar-refractivity contribution in [1.29, 1.82) is 0 Å². The zero-order valence-corrected chi connectivity index (χ0v) is 14.0. The number of amides is 2. The quantitative estimate of drug-likeness (QED) is 0.421. The lowest BCUT2D eigenvalue weighted by Gasteiger charge is -2.29. The van der Waals surface area contributed by atoms with Crippen LogP contribution in [-0.4, -0.2) is 35.2 Å². The van der Waals surface area contributed by atoms with E-state index in [2.05, 4.69) is 5.32 Å². The number of hydrogen-bond donors (Lipinski definition) is 4. The number of nitrogens with two attached hydrogens (primary N) is 1. The van der Waals surface area contributed by atoms with Gasteiger partial charge < -0.3 is 15.8 Å². The third-order valence-electron chi connectivity index (χ3n) is 4.00. The van der Waals surface area contributed by atoms with E-state index in [1.165, 1.54) is 18.3 Å². The van der Waals surface area contributed by atoms with Crippen LogP contribution in [0.3, 0.4) is 0 Å². The van der Waals surface area contributed by atoms with Gasteiger partial charge in [-0.2, -0.15) is 0 Å². The summed E-state index contributed by atoms with van der Waals surface area (Å²) in [7, 11) is 0. The average molecular weight is 335 g/mol. The minimum atomic E-state index is -1.07. The second-order valence-electron chi connectivity index (χ2n) is 6.81. The maximum Gasteiger partial charge on any atom is 0.267 e. The molecule has 0 aromatic heterocycles. The minimum Gasteiger partial charge on any atom is -0.494 e. The van der Waals surface area contributed by atoms with Crippen LogP contribution >= 0.6 is 0 Å². The predicted molar refractivity (Wildman–Crippen MR) is 88.7 cm³/mol. The lowest BCUT2D eigenvalue weighted by molar-refractivity contribution is -0.132. The zero-order chi connectivity index (χ0) is 17.7. The highest BCUT2D eigenvalue weighted by Gasteiger charge is 2.33. The number of carbonyl (C=O) groups is 2. The summed E-state index contributed by atoms with van der Waals surface area (Å²) in [5.74, 6) is 0.294. The SMILES string of the molecule is CC(C)(N)C(NC(=O)c1ccc(OCCC2CC2)cc1)C(=O)NO. The van der Waals surface area contributed by atoms with Crippen LogP contribution in [0, 0.1) is 5.92 Å². The van der Waals surface area contributed by atoms with Crippen LogP contribution in [0.4, 0.5) is 0 Å². The molecule has 0 heterocycles. The normalized spacial score (nSPS) is 15.5. The van der Waals surface area contributed by atoms with Crippen LogP contribution in [0.15, 0.2) is 24.3 Å². The molecule has 0 spiro atoms. The van der Waals surface area contributed by atoms with E-state index in [0.29, 0.717) is 17.9 Å². The van der Waals surface area contributed by atoms with Crippen molar-refractivity contribution < 1.29 is 19.5 Å². The van der Waals surface area contributed by atoms with E-state index in [9.17, 15) is 9.59 Å². The Balaban J connectivity index is 1.93. The fraction of sp³-hybridized carbons (Fsp3) is 0.529. The highest BCUT2D eigenvalue weighted by Crippen LogP contribution is 2.32. The molecule has 7 nitrogen and oxygen atoms in total. The second-order valence-corrected chi connectivity index (χ2v) is 6.81. The Kier molecular flexibility index (Phi) is 5.80. The van der Waals surface area contributed by atoms with Gasteiger partial charge in [-0.1, -0.05) is 12.8 Å². The van der Waals surface area contributed by atoms with E-state index in [0.717, 1.165) is 12.3 Å². The molecule has 1 aromatic rings. The molecule has 1 aliphatic carbocycles. The first-order chi connectivity index (χ1) is 11.3. The molecule has 1 unspecified atom stereocenters. The molecular weight excluding hydrogens is 310 g/mol. The van der Waals surface area contributed by atoms with Crippen LogP contribution in [0.25, 0.3) is 0 Å². The van der Waals surface area contributed by atoms with Gasteiger partial charge in [0.1, 0.15) is 11.8 Å². The third kappa shape index (κ3) is 5.21. The number of benzene rings is 1. The van der Waals surface area contributed by atoms with Gasteiger partial charge in [0.15, 0.2) is 0 Å². The van der Waals surface area contributed by atoms with Gasteiger partial charge in [0.05, 0.1) is 6.61 Å². The van der Waals surface area contributed by atoms with Crippen molar-refractivity contribution in [2.75, 3.05) is 6.61 Å². The molecular formula is C17H25N3O4. The average Bonchev–Trinajstić information content (AvgIpc) is 3.35. The summed E-state index contributed by atoms with van der Waals surface area (Å²) in [6.07, 6.45) is 3.65. The fourth-order valence-electron chi connectivity index (χ4n) is 2.32. The molecule has 2 amide bonds. The van der Waals surface area contributed by atoms with Gasteiger partial charge in [-0.15, -0.1) is 0 Å². The van der Waals surface area contributed by atoms with E-state index >= 15 is 0 Å². The molecule has 5 N–H and O–H groups in total. The Morgan fingerprint density at radius 1 is 1.33 bits per heavy atom. The van der Waals surface area contributed by atoms with Crippen molar-refractivity contribution >= 4 is 11.8 Å². The molecule has 0 radical (unpaired) electrons. The molecule has 1 aliphatic rings. The number of rotatable bonds is 8. The minimum absolute atomic E-state index is 0.379. The molecule has 1 atom stereocenters. The second kappa shape index (κ2) is 7.63. The van der Waals surface area contributed by atoms with E-state index in [1.807, 2.05) is 0 Å². The van der Waals surface area contributed by atoms with E-state index in [4.69, 9.17) is 15.7 Å². The number of nitrogens with one attached hydrogen (secondary N) is 2. The van der Waals surface area contributed by atoms with E-state index in [1.54, 1.807) is 38.1 Å². The number of hydrogen-bond acceptors (Lipinski definition) is 5. The lowest BCUT2D eigenvalue weighted by Crippen LogP contribution is -2.61. The molecule has 7 heteroatoms. The van der Waals surface area contributed by atoms with E-state index in [-0.39, 0.29) is 0 Å². The van der Waals surface area contributed by atoms with Gasteiger partial charge in [0.25, 0.3) is 11.8 Å². The standard InChI is InChI=1S/C17H25N3O4/c1-17(2,18)14(16(22)20-23)19-15(21)12-5-7-13(8-6-12)24-10-9-11-3-4-11/h5-8,11,14,23H,3-4,9-10,18H2,1-2H3,(H,19,21)(H,20,22). The molecule has 0 bridgehead atoms. The Labute approximate surface area is 141 Å². The highest BCUT2D eigenvalue weighted by molar-refractivity contribution is 5.97. The molecule has 132 valence electrons. The van der Waals surface area contributed by atoms with Gasteiger partial charge in [0.2, 0.25) is 0 Å². The number of carbonyl (C=O) groups excluding carboxylic acids is 2. The maximum absolute atomic E-state index is 12.3. The topological polar surface area (TPSA) is 114 Å². The highest BCUT2D eigenvalue weighted by atomic mass is 16.5. The van der Waals surface area contributed by atoms with Crippen LogP contribution in [0.1, 0.15) is 43.5 Å². The molecule has 1 aromatic carbocycles. The van der Waals surface area contributed by atoms with Crippen molar-refractivity contribution in [2.45, 2.75) is 44.7 Å². The molecule has 1 fully saturated rings. The first-order valence-corrected chi connectivity index (χ1v) is 8.08. The Morgan fingerprint density at radius 2 is 1.96 bits per heavy atom. The fourth-order valence-corrected chi connectivity index (χ4v) is 2.32. The molecule has 0 saturated heterocycles. The number of hydroxylamine groups is 1. The molecule has 2 rings (SSSR count). The summed E-state index contributed by atoms with van der Waals surface area (Å²) in [5.41, 5.74) is 6.75. The molecule has 0 aliphatic heterocycles. The first-order valence-electron chi connectivity index (χ1n) is 8.08. The summed E-state index contributed by atoms with van der Waals surface area (Å²) in [6.45, 7) is 3.85. The summed E-state index contributed by atoms with van der Waals surface area (Å²) >= 11 is 0. The zero-order valence-electron chi connectivity index (χ0n) is 14.0. The van der Waals surface area contributed by atoms with Gasteiger partial charge in [-0.05, 0) is 50.5 Å². The van der Waals surface area contributed by atoms with Crippen LogP contribution in [0.5, 0.6) is 5.75 Å². The van der Waals surface area contributed by atoms with Crippen molar-refractivity contribution in [1.82, 2.24) is 10.8 Å². The van der Waals surface area contributed by atoms with E-state index < -0.39 is 23.4 Å². The van der Waals surface area contributed by atoms with Crippen LogP contribution in [-0.2, 0) is 4.79 Å². The molecule has 1 saturated carbocycles. The predicted octanol–water partition coefficient (Wildman–Crippen LogP) is 1.21. The van der Waals surface area contributed by atoms with Gasteiger partial charge in [-0.25, -0.2) is 5.48 Å². The Morgan fingerprint density at radius 3 is 2.46 bits per heavy atom. The molecule has 24 heavy (non-hydrogen) atoms. The van der Waals surface area contributed by atoms with Crippen molar-refractivity contribution in [2.24, 2.45) is 11.7 Å². The van der Waals surface area contributed by atoms with Crippen molar-refractivity contribution in [3.63, 3.8) is 0 Å². The van der Waals surface area contributed by atoms with Crippen LogP contribution < -0.4 is 21.3 Å². The maximum atomic E-state index is 12.3. The Hall–Kier alpha value is -2.12. The monoisotopic (exact) mass is 335 g/mol. The lowest BCUT2D eigenvalue weighted by atomic mass is 9.95. The summed E-state index contributed by atoms with van der Waals surface area (Å²) < 4.78 is 5.63. The van der Waals surface area contributed by atoms with Crippen LogP contribution in [0.2, 0.25) is 0 Å². The summed E-state index contributed by atoms with van der Waals surface area (Å²) in [6, 6.07) is 5.62. The van der Waals surface area contributed by atoms with Gasteiger partial charge in [0, 0.05) is 11.1 Å². The Bertz CT molecular complexity index is 576. The summed E-state index contributed by atoms with van der Waals surface area (Å²) in [4.78, 5) is 24.0.